The van der Waals surface area contributed by atoms with Gasteiger partial charge in [-0.25, -0.2) is 0 Å². The van der Waals surface area contributed by atoms with Gasteiger partial charge in [0.05, 0.1) is 5.56 Å². The maximum Gasteiger partial charge on any atom is 0.573 e. The summed E-state index contributed by atoms with van der Waals surface area (Å²) in [4.78, 5) is 27.3. The van der Waals surface area contributed by atoms with Crippen LogP contribution in [0, 0.1) is 0 Å². The van der Waals surface area contributed by atoms with Crippen molar-refractivity contribution in [2.75, 3.05) is 0 Å². The molecule has 0 saturated heterocycles. The van der Waals surface area contributed by atoms with Crippen molar-refractivity contribution in [3.8, 4) is 5.75 Å². The molecular formula is C18H13F3N2O3. The lowest BCUT2D eigenvalue weighted by atomic mass is 10.1. The minimum atomic E-state index is -4.80. The molecule has 0 spiro atoms. The molecule has 8 heteroatoms. The van der Waals surface area contributed by atoms with Crippen LogP contribution >= 0.6 is 0 Å². The highest BCUT2D eigenvalue weighted by atomic mass is 19.4. The van der Waals surface area contributed by atoms with Gasteiger partial charge >= 0.3 is 6.36 Å². The molecule has 2 N–H and O–H groups in total. The SMILES string of the molecule is O=C(NCc1cccc(OC(F)(F)F)c1)C(=O)c1c[nH]c2ccccc12. The van der Waals surface area contributed by atoms with Crippen molar-refractivity contribution >= 4 is 22.6 Å². The number of fused-ring (bicyclic) bond motifs is 1. The first-order valence-corrected chi connectivity index (χ1v) is 7.57. The summed E-state index contributed by atoms with van der Waals surface area (Å²) >= 11 is 0. The number of para-hydroxylation sites is 1. The van der Waals surface area contributed by atoms with E-state index in [0.29, 0.717) is 10.9 Å². The van der Waals surface area contributed by atoms with Crippen LogP contribution in [0.3, 0.4) is 0 Å². The number of benzene rings is 2. The Labute approximate surface area is 145 Å². The predicted molar refractivity (Wildman–Crippen MR) is 87.6 cm³/mol. The molecule has 0 fully saturated rings. The summed E-state index contributed by atoms with van der Waals surface area (Å²) in [5.41, 5.74) is 1.32. The molecule has 0 bridgehead atoms. The second-order valence-electron chi connectivity index (χ2n) is 5.45. The van der Waals surface area contributed by atoms with Gasteiger partial charge < -0.3 is 15.0 Å². The highest BCUT2D eigenvalue weighted by molar-refractivity contribution is 6.44. The quantitative estimate of drug-likeness (QED) is 0.538. The minimum absolute atomic E-state index is 0.109. The third kappa shape index (κ3) is 4.02. The lowest BCUT2D eigenvalue weighted by Crippen LogP contribution is -2.30. The van der Waals surface area contributed by atoms with Crippen molar-refractivity contribution in [3.63, 3.8) is 0 Å². The molecule has 3 rings (SSSR count). The number of hydrogen-bond donors (Lipinski definition) is 2. The second kappa shape index (κ2) is 6.91. The Morgan fingerprint density at radius 2 is 1.85 bits per heavy atom. The van der Waals surface area contributed by atoms with Crippen molar-refractivity contribution in [1.82, 2.24) is 10.3 Å². The number of H-pyrrole nitrogens is 1. The average Bonchev–Trinajstić information content (AvgIpc) is 3.02. The molecule has 1 aromatic heterocycles. The van der Waals surface area contributed by atoms with Crippen molar-refractivity contribution < 1.29 is 27.5 Å². The van der Waals surface area contributed by atoms with Crippen LogP contribution in [0.1, 0.15) is 15.9 Å². The molecule has 2 aromatic carbocycles. The molecule has 1 amide bonds. The Morgan fingerprint density at radius 1 is 1.08 bits per heavy atom. The Bertz CT molecular complexity index is 963. The standard InChI is InChI=1S/C18H13F3N2O3/c19-18(20,21)26-12-5-3-4-11(8-12)9-23-17(25)16(24)14-10-22-15-7-2-1-6-13(14)15/h1-8,10,22H,9H2,(H,23,25). The van der Waals surface area contributed by atoms with Crippen LogP contribution in [0.2, 0.25) is 0 Å². The molecule has 5 nitrogen and oxygen atoms in total. The zero-order valence-electron chi connectivity index (χ0n) is 13.3. The van der Waals surface area contributed by atoms with Gasteiger partial charge in [-0.2, -0.15) is 0 Å². The maximum atomic E-state index is 12.3. The lowest BCUT2D eigenvalue weighted by molar-refractivity contribution is -0.274. The van der Waals surface area contributed by atoms with E-state index >= 15 is 0 Å². The molecule has 1 heterocycles. The van der Waals surface area contributed by atoms with Gasteiger partial charge in [0.2, 0.25) is 0 Å². The van der Waals surface area contributed by atoms with E-state index in [0.717, 1.165) is 17.6 Å². The van der Waals surface area contributed by atoms with Crippen LogP contribution in [-0.2, 0) is 11.3 Å². The topological polar surface area (TPSA) is 71.2 Å². The highest BCUT2D eigenvalue weighted by Crippen LogP contribution is 2.23. The number of alkyl halides is 3. The van der Waals surface area contributed by atoms with Crippen LogP contribution in [-0.4, -0.2) is 23.0 Å². The lowest BCUT2D eigenvalue weighted by Gasteiger charge is -2.10. The molecule has 0 aliphatic heterocycles. The van der Waals surface area contributed by atoms with Gasteiger partial charge in [0.15, 0.2) is 0 Å². The van der Waals surface area contributed by atoms with Crippen LogP contribution in [0.5, 0.6) is 5.75 Å². The van der Waals surface area contributed by atoms with Crippen molar-refractivity contribution in [2.24, 2.45) is 0 Å². The van der Waals surface area contributed by atoms with E-state index in [1.54, 1.807) is 24.3 Å². The van der Waals surface area contributed by atoms with Gasteiger partial charge in [0.25, 0.3) is 11.7 Å². The largest absolute Gasteiger partial charge is 0.573 e. The first-order valence-electron chi connectivity index (χ1n) is 7.57. The van der Waals surface area contributed by atoms with Crippen LogP contribution in [0.4, 0.5) is 13.2 Å². The summed E-state index contributed by atoms with van der Waals surface area (Å²) in [5.74, 6) is -1.98. The number of carbonyl (C=O) groups excluding carboxylic acids is 2. The monoisotopic (exact) mass is 362 g/mol. The summed E-state index contributed by atoms with van der Waals surface area (Å²) < 4.78 is 40.5. The molecule has 0 unspecified atom stereocenters. The third-order valence-electron chi connectivity index (χ3n) is 3.63. The first-order chi connectivity index (χ1) is 12.3. The van der Waals surface area contributed by atoms with Gasteiger partial charge in [-0.05, 0) is 23.8 Å². The second-order valence-corrected chi connectivity index (χ2v) is 5.45. The molecule has 0 aliphatic carbocycles. The molecule has 0 atom stereocenters. The molecule has 0 aliphatic rings. The summed E-state index contributed by atoms with van der Waals surface area (Å²) in [5, 5.41) is 3.02. The normalized spacial score (nSPS) is 11.3. The molecular weight excluding hydrogens is 349 g/mol. The van der Waals surface area contributed by atoms with Crippen LogP contribution < -0.4 is 10.1 Å². The maximum absolute atomic E-state index is 12.3. The van der Waals surface area contributed by atoms with Gasteiger partial charge in [0.1, 0.15) is 5.75 Å². The summed E-state index contributed by atoms with van der Waals surface area (Å²) in [6.07, 6.45) is -3.35. The van der Waals surface area contributed by atoms with Crippen molar-refractivity contribution in [2.45, 2.75) is 12.9 Å². The predicted octanol–water partition coefficient (Wildman–Crippen LogP) is 3.57. The fourth-order valence-corrected chi connectivity index (χ4v) is 2.50. The Balaban J connectivity index is 1.67. The van der Waals surface area contributed by atoms with Crippen LogP contribution in [0.25, 0.3) is 10.9 Å². The zero-order valence-corrected chi connectivity index (χ0v) is 13.3. The fraction of sp³-hybridized carbons (Fsp3) is 0.111. The van der Waals surface area contributed by atoms with Crippen molar-refractivity contribution in [1.29, 1.82) is 0 Å². The van der Waals surface area contributed by atoms with E-state index in [4.69, 9.17) is 0 Å². The van der Waals surface area contributed by atoms with E-state index < -0.39 is 23.8 Å². The van der Waals surface area contributed by atoms with Crippen molar-refractivity contribution in [3.05, 3.63) is 65.9 Å². The Morgan fingerprint density at radius 3 is 2.62 bits per heavy atom. The zero-order chi connectivity index (χ0) is 18.7. The number of nitrogens with one attached hydrogen (secondary N) is 2. The number of aromatic amines is 1. The number of carbonyl (C=O) groups is 2. The van der Waals surface area contributed by atoms with Gasteiger partial charge in [-0.15, -0.1) is 13.2 Å². The molecule has 26 heavy (non-hydrogen) atoms. The number of Topliss-reactive ketones (excluding diaryl/α,β-unsaturated/α-hetero) is 1. The number of halogens is 3. The highest BCUT2D eigenvalue weighted by Gasteiger charge is 2.31. The molecule has 134 valence electrons. The van der Waals surface area contributed by atoms with Gasteiger partial charge in [-0.1, -0.05) is 30.3 Å². The summed E-state index contributed by atoms with van der Waals surface area (Å²) in [6, 6.07) is 12.2. The smallest absolute Gasteiger partial charge is 0.406 e. The number of amides is 1. The number of hydrogen-bond acceptors (Lipinski definition) is 3. The summed E-state index contributed by atoms with van der Waals surface area (Å²) in [6.45, 7) is -0.109. The average molecular weight is 362 g/mol. The van der Waals surface area contributed by atoms with E-state index in [9.17, 15) is 22.8 Å². The molecule has 0 radical (unpaired) electrons. The fourth-order valence-electron chi connectivity index (χ4n) is 2.50. The molecule has 0 saturated carbocycles. The van der Waals surface area contributed by atoms with Gasteiger partial charge in [-0.3, -0.25) is 9.59 Å². The number of aromatic nitrogens is 1. The third-order valence-corrected chi connectivity index (χ3v) is 3.63. The first kappa shape index (κ1) is 17.5. The van der Waals surface area contributed by atoms with Crippen LogP contribution in [0.15, 0.2) is 54.7 Å². The van der Waals surface area contributed by atoms with E-state index in [1.807, 2.05) is 0 Å². The van der Waals surface area contributed by atoms with E-state index in [1.165, 1.54) is 18.3 Å². The van der Waals surface area contributed by atoms with Gasteiger partial charge in [0, 0.05) is 23.6 Å². The number of ketones is 1. The minimum Gasteiger partial charge on any atom is -0.406 e. The molecule has 3 aromatic rings. The number of ether oxygens (including phenoxy) is 1. The van der Waals surface area contributed by atoms with E-state index in [2.05, 4.69) is 15.0 Å². The number of rotatable bonds is 5. The Kier molecular flexibility index (Phi) is 4.66. The van der Waals surface area contributed by atoms with E-state index in [-0.39, 0.29) is 12.1 Å². The summed E-state index contributed by atoms with van der Waals surface area (Å²) in [7, 11) is 0. The Hall–Kier alpha value is -3.29.